The first kappa shape index (κ1) is 19.0. The largest absolute Gasteiger partial charge is 0.436 e. The fourth-order valence-corrected chi connectivity index (χ4v) is 4.17. The predicted molar refractivity (Wildman–Crippen MR) is 108 cm³/mol. The number of fused-ring (bicyclic) bond motifs is 1. The first-order valence-electron chi connectivity index (χ1n) is 8.48. The van der Waals surface area contributed by atoms with E-state index in [9.17, 15) is 8.42 Å². The van der Waals surface area contributed by atoms with Gasteiger partial charge in [-0.25, -0.2) is 4.98 Å². The van der Waals surface area contributed by atoms with Crippen molar-refractivity contribution in [2.75, 3.05) is 0 Å². The molecule has 1 aromatic heterocycles. The van der Waals surface area contributed by atoms with E-state index in [1.165, 1.54) is 30.3 Å². The van der Waals surface area contributed by atoms with Crippen molar-refractivity contribution in [3.05, 3.63) is 76.8 Å². The molecule has 0 amide bonds. The molecule has 0 spiro atoms. The summed E-state index contributed by atoms with van der Waals surface area (Å²) in [5.74, 6) is 0.298. The molecular formula is C21H13ClN2O4S. The molecule has 8 heteroatoms. The van der Waals surface area contributed by atoms with Crippen molar-refractivity contribution >= 4 is 32.8 Å². The lowest BCUT2D eigenvalue weighted by Crippen LogP contribution is -2.11. The van der Waals surface area contributed by atoms with Gasteiger partial charge in [0.05, 0.1) is 10.6 Å². The molecule has 29 heavy (non-hydrogen) atoms. The highest BCUT2D eigenvalue weighted by atomic mass is 35.5. The maximum absolute atomic E-state index is 12.6. The van der Waals surface area contributed by atoms with Crippen molar-refractivity contribution in [2.45, 2.75) is 11.8 Å². The Labute approximate surface area is 172 Å². The van der Waals surface area contributed by atoms with Crippen LogP contribution in [0.15, 0.2) is 70.0 Å². The number of hydrogen-bond donors (Lipinski definition) is 0. The number of oxazole rings is 1. The Balaban J connectivity index is 1.67. The molecule has 0 aliphatic carbocycles. The Kier molecular flexibility index (Phi) is 4.74. The van der Waals surface area contributed by atoms with Crippen LogP contribution in [0.5, 0.6) is 5.75 Å². The molecule has 144 valence electrons. The van der Waals surface area contributed by atoms with E-state index in [1.807, 2.05) is 31.2 Å². The zero-order valence-electron chi connectivity index (χ0n) is 15.1. The number of nitriles is 1. The smallest absolute Gasteiger partial charge is 0.340 e. The molecular weight excluding hydrogens is 412 g/mol. The van der Waals surface area contributed by atoms with Crippen LogP contribution in [-0.2, 0) is 10.1 Å². The summed E-state index contributed by atoms with van der Waals surface area (Å²) in [4.78, 5) is 4.21. The van der Waals surface area contributed by atoms with Gasteiger partial charge in [0.15, 0.2) is 11.3 Å². The minimum absolute atomic E-state index is 0.0120. The number of halogens is 1. The number of rotatable bonds is 4. The Hall–Kier alpha value is -3.34. The van der Waals surface area contributed by atoms with Gasteiger partial charge in [0.1, 0.15) is 16.5 Å². The van der Waals surface area contributed by atoms with Gasteiger partial charge in [-0.05, 0) is 55.0 Å². The van der Waals surface area contributed by atoms with Gasteiger partial charge >= 0.3 is 10.1 Å². The topological polar surface area (TPSA) is 93.2 Å². The second-order valence-corrected chi connectivity index (χ2v) is 8.20. The van der Waals surface area contributed by atoms with E-state index >= 15 is 0 Å². The van der Waals surface area contributed by atoms with E-state index in [1.54, 1.807) is 12.1 Å². The van der Waals surface area contributed by atoms with E-state index in [0.29, 0.717) is 22.6 Å². The minimum atomic E-state index is -4.23. The second-order valence-electron chi connectivity index (χ2n) is 6.28. The Morgan fingerprint density at radius 1 is 1.10 bits per heavy atom. The first-order valence-corrected chi connectivity index (χ1v) is 10.3. The molecule has 0 unspecified atom stereocenters. The maximum atomic E-state index is 12.6. The monoisotopic (exact) mass is 424 g/mol. The van der Waals surface area contributed by atoms with Gasteiger partial charge in [-0.15, -0.1) is 0 Å². The Morgan fingerprint density at radius 3 is 2.66 bits per heavy atom. The zero-order chi connectivity index (χ0) is 20.6. The summed E-state index contributed by atoms with van der Waals surface area (Å²) in [7, 11) is -4.23. The van der Waals surface area contributed by atoms with Crippen LogP contribution in [0.1, 0.15) is 11.1 Å². The molecule has 0 radical (unpaired) electrons. The maximum Gasteiger partial charge on any atom is 0.340 e. The highest BCUT2D eigenvalue weighted by molar-refractivity contribution is 7.87. The van der Waals surface area contributed by atoms with Crippen molar-refractivity contribution in [1.82, 2.24) is 4.98 Å². The van der Waals surface area contributed by atoms with Crippen molar-refractivity contribution in [3.8, 4) is 23.3 Å². The normalized spacial score (nSPS) is 11.3. The molecule has 4 rings (SSSR count). The number of aryl methyl sites for hydroxylation is 1. The number of benzene rings is 3. The van der Waals surface area contributed by atoms with E-state index in [-0.39, 0.29) is 21.2 Å². The van der Waals surface area contributed by atoms with Crippen molar-refractivity contribution in [3.63, 3.8) is 0 Å². The molecule has 0 saturated carbocycles. The van der Waals surface area contributed by atoms with Crippen LogP contribution in [0.3, 0.4) is 0 Å². The Morgan fingerprint density at radius 2 is 1.90 bits per heavy atom. The average molecular weight is 425 g/mol. The molecule has 0 aliphatic rings. The van der Waals surface area contributed by atoms with E-state index < -0.39 is 10.1 Å². The van der Waals surface area contributed by atoms with Crippen LogP contribution >= 0.6 is 11.6 Å². The fraction of sp³-hybridized carbons (Fsp3) is 0.0476. The quantitative estimate of drug-likeness (QED) is 0.423. The number of nitrogens with zero attached hydrogens (tertiary/aromatic N) is 2. The van der Waals surface area contributed by atoms with Crippen LogP contribution in [0.4, 0.5) is 0 Å². The molecule has 3 aromatic carbocycles. The van der Waals surface area contributed by atoms with Crippen LogP contribution in [0.25, 0.3) is 22.6 Å². The summed E-state index contributed by atoms with van der Waals surface area (Å²) in [6.45, 7) is 1.96. The standard InChI is InChI=1S/C21H13ClN2O4S/c1-13-6-8-19-17(10-13)24-21(27-19)14-7-9-18(16(22)11-14)28-29(25,26)20-5-3-2-4-15(20)12-23/h2-11H,1H3. The van der Waals surface area contributed by atoms with Gasteiger partial charge in [0, 0.05) is 5.56 Å². The molecule has 0 atom stereocenters. The molecule has 0 N–H and O–H groups in total. The lowest BCUT2D eigenvalue weighted by atomic mass is 10.2. The molecule has 0 aliphatic heterocycles. The third-order valence-electron chi connectivity index (χ3n) is 4.20. The molecule has 0 fully saturated rings. The van der Waals surface area contributed by atoms with Crippen LogP contribution in [0.2, 0.25) is 5.02 Å². The Bertz CT molecular complexity index is 1390. The summed E-state index contributed by atoms with van der Waals surface area (Å²) in [6.07, 6.45) is 0. The van der Waals surface area contributed by atoms with Crippen LogP contribution in [0, 0.1) is 18.3 Å². The van der Waals surface area contributed by atoms with Crippen molar-refractivity contribution in [1.29, 1.82) is 5.26 Å². The first-order chi connectivity index (χ1) is 13.9. The summed E-state index contributed by atoms with van der Waals surface area (Å²) in [5, 5.41) is 9.20. The molecule has 0 saturated heterocycles. The number of aromatic nitrogens is 1. The minimum Gasteiger partial charge on any atom is -0.436 e. The highest BCUT2D eigenvalue weighted by Crippen LogP contribution is 2.33. The summed E-state index contributed by atoms with van der Waals surface area (Å²) >= 11 is 6.25. The van der Waals surface area contributed by atoms with Crippen molar-refractivity contribution < 1.29 is 17.0 Å². The van der Waals surface area contributed by atoms with Crippen molar-refractivity contribution in [2.24, 2.45) is 0 Å². The van der Waals surface area contributed by atoms with E-state index in [0.717, 1.165) is 5.56 Å². The van der Waals surface area contributed by atoms with Gasteiger partial charge in [-0.3, -0.25) is 0 Å². The third kappa shape index (κ3) is 3.68. The summed E-state index contributed by atoms with van der Waals surface area (Å²) in [5.41, 5.74) is 2.97. The SMILES string of the molecule is Cc1ccc2oc(-c3ccc(OS(=O)(=O)c4ccccc4C#N)c(Cl)c3)nc2c1. The molecule has 4 aromatic rings. The molecule has 1 heterocycles. The molecule has 0 bridgehead atoms. The fourth-order valence-electron chi connectivity index (χ4n) is 2.80. The highest BCUT2D eigenvalue weighted by Gasteiger charge is 2.22. The van der Waals surface area contributed by atoms with Gasteiger partial charge in [-0.2, -0.15) is 13.7 Å². The van der Waals surface area contributed by atoms with Gasteiger partial charge in [-0.1, -0.05) is 29.8 Å². The van der Waals surface area contributed by atoms with E-state index in [4.69, 9.17) is 25.5 Å². The third-order valence-corrected chi connectivity index (χ3v) is 5.79. The average Bonchev–Trinajstić information content (AvgIpc) is 3.12. The number of hydrogen-bond acceptors (Lipinski definition) is 6. The zero-order valence-corrected chi connectivity index (χ0v) is 16.7. The lowest BCUT2D eigenvalue weighted by Gasteiger charge is -2.10. The van der Waals surface area contributed by atoms with Gasteiger partial charge in [0.2, 0.25) is 5.89 Å². The van der Waals surface area contributed by atoms with E-state index in [2.05, 4.69) is 4.98 Å². The van der Waals surface area contributed by atoms with Gasteiger partial charge < -0.3 is 8.60 Å². The summed E-state index contributed by atoms with van der Waals surface area (Å²) in [6, 6.07) is 17.8. The molecule has 6 nitrogen and oxygen atoms in total. The predicted octanol–water partition coefficient (Wildman–Crippen LogP) is 5.10. The second kappa shape index (κ2) is 7.24. The van der Waals surface area contributed by atoms with Gasteiger partial charge in [0.25, 0.3) is 0 Å². The summed E-state index contributed by atoms with van der Waals surface area (Å²) < 4.78 is 36.1. The van der Waals surface area contributed by atoms with Crippen LogP contribution < -0.4 is 4.18 Å². The van der Waals surface area contributed by atoms with Crippen LogP contribution in [-0.4, -0.2) is 13.4 Å². The lowest BCUT2D eigenvalue weighted by molar-refractivity contribution is 0.486.